The fourth-order valence-electron chi connectivity index (χ4n) is 2.98. The first-order chi connectivity index (χ1) is 12.7. The second kappa shape index (κ2) is 6.87. The topological polar surface area (TPSA) is 81.0 Å². The van der Waals surface area contributed by atoms with Crippen molar-refractivity contribution in [2.24, 2.45) is 0 Å². The molecule has 1 aromatic heterocycles. The summed E-state index contributed by atoms with van der Waals surface area (Å²) in [6, 6.07) is 16.6. The Labute approximate surface area is 150 Å². The average Bonchev–Trinajstić information content (AvgIpc) is 3.32. The molecule has 2 heterocycles. The molecule has 1 saturated heterocycles. The predicted octanol–water partition coefficient (Wildman–Crippen LogP) is 2.35. The number of ketones is 1. The molecule has 7 nitrogen and oxygen atoms in total. The molecule has 0 aliphatic carbocycles. The second-order valence-corrected chi connectivity index (χ2v) is 6.13. The van der Waals surface area contributed by atoms with Crippen LogP contribution in [0.25, 0.3) is 11.4 Å². The largest absolute Gasteiger partial charge is 0.312 e. The predicted molar refractivity (Wildman–Crippen MR) is 95.6 cm³/mol. The Morgan fingerprint density at radius 2 is 1.81 bits per heavy atom. The number of carbonyl (C=O) groups excluding carboxylic acids is 2. The zero-order valence-corrected chi connectivity index (χ0v) is 14.1. The molecule has 1 aliphatic heterocycles. The molecule has 1 amide bonds. The van der Waals surface area contributed by atoms with Crippen molar-refractivity contribution >= 4 is 17.4 Å². The van der Waals surface area contributed by atoms with Gasteiger partial charge in [-0.05, 0) is 35.9 Å². The smallest absolute Gasteiger partial charge is 0.227 e. The van der Waals surface area contributed by atoms with Crippen molar-refractivity contribution in [3.63, 3.8) is 0 Å². The Kier molecular flexibility index (Phi) is 4.27. The van der Waals surface area contributed by atoms with Gasteiger partial charge in [0.05, 0.1) is 0 Å². The molecule has 0 saturated carbocycles. The Morgan fingerprint density at radius 1 is 1.04 bits per heavy atom. The van der Waals surface area contributed by atoms with Crippen LogP contribution in [0.4, 0.5) is 5.69 Å². The van der Waals surface area contributed by atoms with Crippen LogP contribution in [0.3, 0.4) is 0 Å². The third-order valence-corrected chi connectivity index (χ3v) is 4.34. The highest BCUT2D eigenvalue weighted by Gasteiger charge is 2.21. The van der Waals surface area contributed by atoms with Gasteiger partial charge in [0.25, 0.3) is 0 Å². The Balaban J connectivity index is 1.45. The van der Waals surface area contributed by atoms with Gasteiger partial charge in [-0.2, -0.15) is 4.80 Å². The van der Waals surface area contributed by atoms with Crippen LogP contribution >= 0.6 is 0 Å². The zero-order chi connectivity index (χ0) is 17.9. The summed E-state index contributed by atoms with van der Waals surface area (Å²) in [6.07, 6.45) is 1.46. The summed E-state index contributed by atoms with van der Waals surface area (Å²) in [4.78, 5) is 27.3. The summed E-state index contributed by atoms with van der Waals surface area (Å²) >= 11 is 0. The number of benzene rings is 2. The van der Waals surface area contributed by atoms with Gasteiger partial charge < -0.3 is 4.90 Å². The quantitative estimate of drug-likeness (QED) is 0.662. The van der Waals surface area contributed by atoms with E-state index in [4.69, 9.17) is 0 Å². The lowest BCUT2D eigenvalue weighted by atomic mass is 10.1. The fraction of sp³-hybridized carbons (Fsp3) is 0.211. The van der Waals surface area contributed by atoms with E-state index in [0.29, 0.717) is 17.8 Å². The number of anilines is 1. The molecule has 3 aromatic rings. The van der Waals surface area contributed by atoms with E-state index in [1.807, 2.05) is 30.3 Å². The molecule has 130 valence electrons. The van der Waals surface area contributed by atoms with E-state index in [9.17, 15) is 9.59 Å². The standard InChI is InChI=1S/C19H17N5O2/c25-17(13-24-21-19(20-22-24)15-5-2-1-3-6-15)14-8-10-16(11-9-14)23-12-4-7-18(23)26/h1-3,5-6,8-11H,4,7,12-13H2. The molecule has 0 atom stereocenters. The van der Waals surface area contributed by atoms with Gasteiger partial charge in [0.2, 0.25) is 11.7 Å². The average molecular weight is 347 g/mol. The molecular weight excluding hydrogens is 330 g/mol. The van der Waals surface area contributed by atoms with Crippen molar-refractivity contribution in [1.29, 1.82) is 0 Å². The third kappa shape index (κ3) is 3.23. The van der Waals surface area contributed by atoms with Crippen LogP contribution < -0.4 is 4.90 Å². The molecule has 0 unspecified atom stereocenters. The van der Waals surface area contributed by atoms with Crippen molar-refractivity contribution in [3.8, 4) is 11.4 Å². The fourth-order valence-corrected chi connectivity index (χ4v) is 2.98. The number of rotatable bonds is 5. The second-order valence-electron chi connectivity index (χ2n) is 6.13. The van der Waals surface area contributed by atoms with Gasteiger partial charge in [0.15, 0.2) is 5.78 Å². The number of amides is 1. The molecule has 2 aromatic carbocycles. The van der Waals surface area contributed by atoms with E-state index >= 15 is 0 Å². The highest BCUT2D eigenvalue weighted by Crippen LogP contribution is 2.21. The molecule has 0 radical (unpaired) electrons. The van der Waals surface area contributed by atoms with Crippen molar-refractivity contribution in [2.45, 2.75) is 19.4 Å². The van der Waals surface area contributed by atoms with Crippen LogP contribution in [0.2, 0.25) is 0 Å². The Bertz CT molecular complexity index is 934. The van der Waals surface area contributed by atoms with Gasteiger partial charge >= 0.3 is 0 Å². The summed E-state index contributed by atoms with van der Waals surface area (Å²) in [5.74, 6) is 0.506. The summed E-state index contributed by atoms with van der Waals surface area (Å²) in [6.45, 7) is 0.749. The van der Waals surface area contributed by atoms with Gasteiger partial charge in [-0.25, -0.2) is 0 Å². The van der Waals surface area contributed by atoms with Crippen LogP contribution in [0.5, 0.6) is 0 Å². The third-order valence-electron chi connectivity index (χ3n) is 4.34. The summed E-state index contributed by atoms with van der Waals surface area (Å²) in [7, 11) is 0. The first-order valence-corrected chi connectivity index (χ1v) is 8.47. The molecule has 0 spiro atoms. The van der Waals surface area contributed by atoms with Crippen LogP contribution in [0, 0.1) is 0 Å². The van der Waals surface area contributed by atoms with Crippen LogP contribution in [-0.4, -0.2) is 38.4 Å². The SMILES string of the molecule is O=C(Cn1nnc(-c2ccccc2)n1)c1ccc(N2CCCC2=O)cc1. The normalized spacial score (nSPS) is 14.0. The van der Waals surface area contributed by atoms with Crippen LogP contribution in [0.15, 0.2) is 54.6 Å². The lowest BCUT2D eigenvalue weighted by molar-refractivity contribution is -0.117. The number of carbonyl (C=O) groups is 2. The monoisotopic (exact) mass is 347 g/mol. The maximum atomic E-state index is 12.4. The van der Waals surface area contributed by atoms with E-state index in [-0.39, 0.29) is 18.2 Å². The summed E-state index contributed by atoms with van der Waals surface area (Å²) < 4.78 is 0. The van der Waals surface area contributed by atoms with Gasteiger partial charge in [-0.15, -0.1) is 10.2 Å². The molecule has 4 rings (SSSR count). The minimum Gasteiger partial charge on any atom is -0.312 e. The Morgan fingerprint density at radius 3 is 2.50 bits per heavy atom. The molecular formula is C19H17N5O2. The number of Topliss-reactive ketones (excluding diaryl/α,β-unsaturated/α-hetero) is 1. The van der Waals surface area contributed by atoms with E-state index in [1.165, 1.54) is 4.80 Å². The lowest BCUT2D eigenvalue weighted by Gasteiger charge is -2.15. The minimum absolute atomic E-state index is 0.0157. The van der Waals surface area contributed by atoms with Crippen LogP contribution in [0.1, 0.15) is 23.2 Å². The number of tetrazole rings is 1. The first-order valence-electron chi connectivity index (χ1n) is 8.47. The summed E-state index contributed by atoms with van der Waals surface area (Å²) in [5, 5.41) is 12.2. The van der Waals surface area contributed by atoms with E-state index in [2.05, 4.69) is 15.4 Å². The van der Waals surface area contributed by atoms with Crippen molar-refractivity contribution < 1.29 is 9.59 Å². The van der Waals surface area contributed by atoms with E-state index < -0.39 is 0 Å². The molecule has 1 aliphatic rings. The Hall–Kier alpha value is -3.35. The zero-order valence-electron chi connectivity index (χ0n) is 14.1. The number of aromatic nitrogens is 4. The van der Waals surface area contributed by atoms with Gasteiger partial charge in [-0.3, -0.25) is 9.59 Å². The maximum Gasteiger partial charge on any atom is 0.227 e. The van der Waals surface area contributed by atoms with E-state index in [0.717, 1.165) is 24.2 Å². The van der Waals surface area contributed by atoms with Crippen molar-refractivity contribution in [1.82, 2.24) is 20.2 Å². The van der Waals surface area contributed by atoms with Crippen LogP contribution in [-0.2, 0) is 11.3 Å². The minimum atomic E-state index is -0.110. The number of hydrogen-bond acceptors (Lipinski definition) is 5. The van der Waals surface area contributed by atoms with Gasteiger partial charge in [0.1, 0.15) is 6.54 Å². The number of nitrogens with zero attached hydrogens (tertiary/aromatic N) is 5. The molecule has 26 heavy (non-hydrogen) atoms. The lowest BCUT2D eigenvalue weighted by Crippen LogP contribution is -2.23. The molecule has 7 heteroatoms. The van der Waals surface area contributed by atoms with Crippen molar-refractivity contribution in [3.05, 3.63) is 60.2 Å². The highest BCUT2D eigenvalue weighted by molar-refractivity contribution is 5.98. The first kappa shape index (κ1) is 16.1. The highest BCUT2D eigenvalue weighted by atomic mass is 16.2. The van der Waals surface area contributed by atoms with Crippen molar-refractivity contribution in [2.75, 3.05) is 11.4 Å². The van der Waals surface area contributed by atoms with Gasteiger partial charge in [-0.1, -0.05) is 30.3 Å². The van der Waals surface area contributed by atoms with Gasteiger partial charge in [0, 0.05) is 29.8 Å². The molecule has 0 N–H and O–H groups in total. The molecule has 0 bridgehead atoms. The van der Waals surface area contributed by atoms with E-state index in [1.54, 1.807) is 29.2 Å². The molecule has 1 fully saturated rings. The number of hydrogen-bond donors (Lipinski definition) is 0. The maximum absolute atomic E-state index is 12.4. The summed E-state index contributed by atoms with van der Waals surface area (Å²) in [5.41, 5.74) is 2.24.